The number of pyridine rings is 1. The van der Waals surface area contributed by atoms with Crippen molar-refractivity contribution >= 4 is 64.7 Å². The zero-order valence-corrected chi connectivity index (χ0v) is 32.4. The number of halogens is 5. The molecule has 17 heteroatoms. The first-order chi connectivity index (χ1) is 27.6. The molecule has 6 atom stereocenters. The number of benzene rings is 2. The molecule has 0 bridgehead atoms. The predicted molar refractivity (Wildman–Crippen MR) is 204 cm³/mol. The second-order valence-electron chi connectivity index (χ2n) is 14.8. The lowest BCUT2D eigenvalue weighted by atomic mass is 9.50. The normalized spacial score (nSPS) is 25.5. The molecule has 4 amide bonds. The van der Waals surface area contributed by atoms with E-state index in [-0.39, 0.29) is 49.0 Å². The zero-order valence-electron chi connectivity index (χ0n) is 30.8. The van der Waals surface area contributed by atoms with Gasteiger partial charge in [0.05, 0.1) is 40.9 Å². The third kappa shape index (κ3) is 7.08. The number of unbranched alkanes of at least 4 members (excludes halogenated alkanes) is 2. The van der Waals surface area contributed by atoms with E-state index >= 15 is 4.79 Å². The van der Waals surface area contributed by atoms with Crippen molar-refractivity contribution in [1.29, 1.82) is 0 Å². The summed E-state index contributed by atoms with van der Waals surface area (Å²) in [5.74, 6) is -7.95. The highest BCUT2D eigenvalue weighted by atomic mass is 35.5. The second-order valence-corrected chi connectivity index (χ2v) is 15.6. The molecule has 2 aliphatic heterocycles. The highest BCUT2D eigenvalue weighted by Crippen LogP contribution is 2.61. The van der Waals surface area contributed by atoms with E-state index in [9.17, 15) is 37.5 Å². The molecule has 0 radical (unpaired) electrons. The number of methoxy groups -OCH3 is 1. The molecule has 304 valence electrons. The van der Waals surface area contributed by atoms with E-state index in [1.54, 1.807) is 48.6 Å². The number of carboxylic acids is 1. The first-order valence-corrected chi connectivity index (χ1v) is 19.3. The number of ether oxygens (including phenoxy) is 1. The van der Waals surface area contributed by atoms with Crippen LogP contribution in [0.1, 0.15) is 55.2 Å². The number of hydrogen-bond acceptors (Lipinski definition) is 9. The minimum Gasteiger partial charge on any atom is -0.504 e. The first-order valence-electron chi connectivity index (χ1n) is 18.5. The summed E-state index contributed by atoms with van der Waals surface area (Å²) >= 11 is 12.6. The highest BCUT2D eigenvalue weighted by Gasteiger charge is 2.69. The summed E-state index contributed by atoms with van der Waals surface area (Å²) < 4.78 is 45.8. The van der Waals surface area contributed by atoms with Crippen LogP contribution in [0.2, 0.25) is 10.0 Å². The van der Waals surface area contributed by atoms with Crippen molar-refractivity contribution < 1.29 is 52.1 Å². The molecular weight excluding hydrogens is 804 g/mol. The van der Waals surface area contributed by atoms with Gasteiger partial charge in [-0.25, -0.2) is 4.98 Å². The molecule has 7 rings (SSSR count). The van der Waals surface area contributed by atoms with Gasteiger partial charge in [-0.1, -0.05) is 71.6 Å². The van der Waals surface area contributed by atoms with Gasteiger partial charge >= 0.3 is 12.1 Å². The highest BCUT2D eigenvalue weighted by molar-refractivity contribution is 6.33. The Bertz CT molecular complexity index is 2250. The maximum absolute atomic E-state index is 15.2. The van der Waals surface area contributed by atoms with Crippen molar-refractivity contribution in [1.82, 2.24) is 14.9 Å². The summed E-state index contributed by atoms with van der Waals surface area (Å²) in [5, 5.41) is 19.8. The molecule has 3 fully saturated rings. The van der Waals surface area contributed by atoms with Crippen LogP contribution in [0, 0.1) is 29.6 Å². The molecule has 1 aromatic heterocycles. The van der Waals surface area contributed by atoms with Crippen molar-refractivity contribution in [2.75, 3.05) is 19.1 Å². The van der Waals surface area contributed by atoms with E-state index in [0.29, 0.717) is 58.3 Å². The zero-order chi connectivity index (χ0) is 41.7. The molecule has 4 aliphatic rings. The third-order valence-electron chi connectivity index (χ3n) is 11.7. The number of nitrogens with one attached hydrogen (secondary N) is 1. The fraction of sp³-hybridized carbons (Fsp3) is 0.366. The molecule has 2 aliphatic carbocycles. The monoisotopic (exact) mass is 840 g/mol. The minimum absolute atomic E-state index is 0.0369. The number of carbonyl (C=O) groups is 5. The number of anilines is 1. The number of amides is 4. The number of rotatable bonds is 12. The Balaban J connectivity index is 1.34. The Morgan fingerprint density at radius 1 is 1.02 bits per heavy atom. The van der Waals surface area contributed by atoms with Crippen LogP contribution in [0.5, 0.6) is 11.5 Å². The topological polar surface area (TPSA) is 166 Å². The van der Waals surface area contributed by atoms with Gasteiger partial charge in [0.2, 0.25) is 11.8 Å². The Hall–Kier alpha value is -5.41. The van der Waals surface area contributed by atoms with Crippen molar-refractivity contribution in [3.05, 3.63) is 99.2 Å². The molecule has 3 aromatic rings. The van der Waals surface area contributed by atoms with Crippen LogP contribution >= 0.6 is 23.2 Å². The van der Waals surface area contributed by atoms with Crippen LogP contribution in [-0.4, -0.2) is 68.4 Å². The standard InChI is InChI=1S/C41H37Cl2F3N4O8/c1-58-32-17-21(7-15-31(32)51)6-14-28-25-12-13-26-34(38(56)49(36(26)54)16-4-2-3-5-33(52)53)27(25)19-29-37(55)50(39(57)40(28,29)22-8-10-24(42)11-9-22)48-35-30(43)18-23(20-47-35)41(44,45)46/h6-12,14-15,17-18,20,26-29,34,51H,2-5,13,16,19H2,1H3,(H,47,48)(H,52,53). The van der Waals surface area contributed by atoms with Gasteiger partial charge in [0.1, 0.15) is 0 Å². The number of phenols is 1. The van der Waals surface area contributed by atoms with E-state index in [4.69, 9.17) is 33.0 Å². The van der Waals surface area contributed by atoms with Gasteiger partial charge in [0.25, 0.3) is 11.8 Å². The Labute approximate surface area is 340 Å². The van der Waals surface area contributed by atoms with Crippen LogP contribution in [0.25, 0.3) is 6.08 Å². The van der Waals surface area contributed by atoms with Gasteiger partial charge in [-0.2, -0.15) is 18.2 Å². The van der Waals surface area contributed by atoms with Crippen LogP contribution in [-0.2, 0) is 35.6 Å². The number of carbonyl (C=O) groups excluding carboxylic acids is 4. The van der Waals surface area contributed by atoms with Crippen molar-refractivity contribution in [2.45, 2.75) is 50.1 Å². The van der Waals surface area contributed by atoms with Crippen molar-refractivity contribution in [3.63, 3.8) is 0 Å². The fourth-order valence-corrected chi connectivity index (χ4v) is 9.38. The number of likely N-dealkylation sites (tertiary alicyclic amines) is 1. The SMILES string of the molecule is COc1cc(C=CC2C3=CCC4C(=O)N(CCCCCC(=O)O)C(=O)C4C3CC3C(=O)N(Nc4ncc(C(F)(F)F)cc4Cl)C(=O)C23c2ccc(Cl)cc2)ccc1O. The number of phenolic OH excluding ortho intramolecular Hbond substituents is 1. The van der Waals surface area contributed by atoms with Gasteiger partial charge in [0, 0.05) is 30.1 Å². The van der Waals surface area contributed by atoms with Crippen LogP contribution in [0.3, 0.4) is 0 Å². The smallest absolute Gasteiger partial charge is 0.417 e. The number of nitrogens with zero attached hydrogens (tertiary/aromatic N) is 3. The Morgan fingerprint density at radius 3 is 2.43 bits per heavy atom. The molecule has 2 saturated heterocycles. The predicted octanol–water partition coefficient (Wildman–Crippen LogP) is 7.30. The summed E-state index contributed by atoms with van der Waals surface area (Å²) in [4.78, 5) is 74.1. The Morgan fingerprint density at radius 2 is 1.76 bits per heavy atom. The van der Waals surface area contributed by atoms with Gasteiger partial charge in [-0.15, -0.1) is 0 Å². The summed E-state index contributed by atoms with van der Waals surface area (Å²) in [6.45, 7) is 0.104. The molecule has 2 aromatic carbocycles. The number of aromatic hydroxyl groups is 1. The number of alkyl halides is 3. The summed E-state index contributed by atoms with van der Waals surface area (Å²) in [6, 6.07) is 11.6. The van der Waals surface area contributed by atoms with E-state index in [0.717, 1.165) is 0 Å². The number of aliphatic carboxylic acids is 1. The minimum atomic E-state index is -4.76. The van der Waals surface area contributed by atoms with E-state index in [2.05, 4.69) is 10.4 Å². The molecule has 3 heterocycles. The second kappa shape index (κ2) is 15.7. The van der Waals surface area contributed by atoms with Gasteiger partial charge in [-0.3, -0.25) is 34.3 Å². The van der Waals surface area contributed by atoms with Crippen molar-refractivity contribution in [3.8, 4) is 11.5 Å². The molecule has 3 N–H and O–H groups in total. The van der Waals surface area contributed by atoms with Gasteiger partial charge in [0.15, 0.2) is 17.3 Å². The lowest BCUT2D eigenvalue weighted by Gasteiger charge is -2.49. The molecule has 0 spiro atoms. The summed E-state index contributed by atoms with van der Waals surface area (Å²) in [6.07, 6.45) is 2.43. The lowest BCUT2D eigenvalue weighted by molar-refractivity contribution is -0.141. The maximum atomic E-state index is 15.2. The number of imide groups is 2. The Kier molecular flexibility index (Phi) is 11.1. The third-order valence-corrected chi connectivity index (χ3v) is 12.2. The van der Waals surface area contributed by atoms with E-state index in [1.807, 2.05) is 6.08 Å². The number of allylic oxidation sites excluding steroid dienone is 3. The lowest BCUT2D eigenvalue weighted by Crippen LogP contribution is -2.54. The average molecular weight is 842 g/mol. The van der Waals surface area contributed by atoms with E-state index in [1.165, 1.54) is 18.1 Å². The molecule has 6 unspecified atom stereocenters. The number of aromatic nitrogens is 1. The first kappa shape index (κ1) is 40.8. The molecule has 12 nitrogen and oxygen atoms in total. The quantitative estimate of drug-likeness (QED) is 0.0958. The van der Waals surface area contributed by atoms with Crippen LogP contribution in [0.4, 0.5) is 19.0 Å². The molecule has 58 heavy (non-hydrogen) atoms. The summed E-state index contributed by atoms with van der Waals surface area (Å²) in [5.41, 5.74) is 1.35. The largest absolute Gasteiger partial charge is 0.504 e. The summed E-state index contributed by atoms with van der Waals surface area (Å²) in [7, 11) is 1.39. The number of hydrazine groups is 1. The number of carboxylic acid groups (broad SMARTS) is 1. The molecule has 1 saturated carbocycles. The van der Waals surface area contributed by atoms with Crippen LogP contribution < -0.4 is 10.2 Å². The average Bonchev–Trinajstić information content (AvgIpc) is 3.55. The van der Waals surface area contributed by atoms with Crippen LogP contribution in [0.15, 0.2) is 72.5 Å². The van der Waals surface area contributed by atoms with Gasteiger partial charge < -0.3 is 14.9 Å². The fourth-order valence-electron chi connectivity index (χ4n) is 9.04. The van der Waals surface area contributed by atoms with Gasteiger partial charge in [-0.05, 0) is 73.1 Å². The van der Waals surface area contributed by atoms with Crippen molar-refractivity contribution in [2.24, 2.45) is 29.6 Å². The molecular formula is C41H37Cl2F3N4O8. The number of hydrogen-bond donors (Lipinski definition) is 3. The maximum Gasteiger partial charge on any atom is 0.417 e. The number of fused-ring (bicyclic) bond motifs is 4. The van der Waals surface area contributed by atoms with E-state index < -0.39 is 75.5 Å².